The van der Waals surface area contributed by atoms with Crippen LogP contribution in [-0.4, -0.2) is 23.6 Å². The molecule has 1 aromatic carbocycles. The number of aryl methyl sites for hydroxylation is 1. The van der Waals surface area contributed by atoms with Crippen molar-refractivity contribution in [2.75, 3.05) is 0 Å². The van der Waals surface area contributed by atoms with Crippen LogP contribution in [0.4, 0.5) is 0 Å². The third-order valence-corrected chi connectivity index (χ3v) is 5.58. The summed E-state index contributed by atoms with van der Waals surface area (Å²) in [6, 6.07) is 8.27. The Morgan fingerprint density at radius 2 is 1.52 bits per heavy atom. The van der Waals surface area contributed by atoms with Gasteiger partial charge in [0.25, 0.3) is 0 Å². The molecule has 0 spiro atoms. The van der Waals surface area contributed by atoms with Gasteiger partial charge in [-0.05, 0) is 37.8 Å². The van der Waals surface area contributed by atoms with Gasteiger partial charge in [0.2, 0.25) is 0 Å². The molecule has 23 heavy (non-hydrogen) atoms. The van der Waals surface area contributed by atoms with Gasteiger partial charge in [0.1, 0.15) is 0 Å². The van der Waals surface area contributed by atoms with Gasteiger partial charge in [-0.15, -0.1) is 25.3 Å². The predicted molar refractivity (Wildman–Crippen MR) is 106 cm³/mol. The molecule has 0 saturated heterocycles. The first-order valence-electron chi connectivity index (χ1n) is 8.04. The van der Waals surface area contributed by atoms with E-state index in [1.807, 2.05) is 26.0 Å². The topological polar surface area (TPSA) is 27.7 Å². The molecule has 0 aliphatic rings. The second kappa shape index (κ2) is 11.7. The molecule has 1 aromatic rings. The molecule has 0 radical (unpaired) electrons. The molecule has 0 bridgehead atoms. The van der Waals surface area contributed by atoms with E-state index in [1.165, 1.54) is 10.5 Å². The molecule has 1 rings (SSSR count). The molecular formula is C16H27BO3S3. The van der Waals surface area contributed by atoms with Crippen LogP contribution < -0.4 is 0 Å². The van der Waals surface area contributed by atoms with Crippen molar-refractivity contribution < 1.29 is 14.0 Å². The van der Waals surface area contributed by atoms with E-state index in [2.05, 4.69) is 51.2 Å². The fraction of sp³-hybridized carbons (Fsp3) is 0.625. The minimum absolute atomic E-state index is 0.0594. The van der Waals surface area contributed by atoms with E-state index in [1.54, 1.807) is 11.8 Å². The van der Waals surface area contributed by atoms with Crippen molar-refractivity contribution in [3.05, 3.63) is 29.8 Å². The quantitative estimate of drug-likeness (QED) is 0.241. The minimum Gasteiger partial charge on any atom is -0.374 e. The van der Waals surface area contributed by atoms with Gasteiger partial charge in [-0.2, -0.15) is 0 Å². The molecule has 0 heterocycles. The SMILES string of the molecule is CCC(S)OB(OC(S)CC)OC(CC)Sc1ccccc1C. The molecule has 0 aliphatic heterocycles. The Bertz CT molecular complexity index is 438. The van der Waals surface area contributed by atoms with E-state index in [-0.39, 0.29) is 16.3 Å². The maximum Gasteiger partial charge on any atom is 0.641 e. The summed E-state index contributed by atoms with van der Waals surface area (Å²) in [6.45, 7) is 8.20. The lowest BCUT2D eigenvalue weighted by Crippen LogP contribution is -2.35. The van der Waals surface area contributed by atoms with Crippen LogP contribution in [0.1, 0.15) is 45.6 Å². The van der Waals surface area contributed by atoms with Gasteiger partial charge >= 0.3 is 7.32 Å². The Balaban J connectivity index is 2.70. The third-order valence-electron chi connectivity index (χ3n) is 3.18. The van der Waals surface area contributed by atoms with Gasteiger partial charge in [0, 0.05) is 4.90 Å². The van der Waals surface area contributed by atoms with Crippen LogP contribution in [0.25, 0.3) is 0 Å². The van der Waals surface area contributed by atoms with E-state index in [4.69, 9.17) is 14.0 Å². The Morgan fingerprint density at radius 3 is 2.00 bits per heavy atom. The molecule has 7 heteroatoms. The summed E-state index contributed by atoms with van der Waals surface area (Å²) in [5.41, 5.74) is 0.729. The maximum absolute atomic E-state index is 6.02. The fourth-order valence-corrected chi connectivity index (χ4v) is 2.91. The van der Waals surface area contributed by atoms with E-state index >= 15 is 0 Å². The second-order valence-electron chi connectivity index (χ2n) is 5.14. The van der Waals surface area contributed by atoms with Crippen molar-refractivity contribution in [1.29, 1.82) is 0 Å². The van der Waals surface area contributed by atoms with Crippen molar-refractivity contribution in [1.82, 2.24) is 0 Å². The number of rotatable bonds is 11. The zero-order valence-electron chi connectivity index (χ0n) is 14.3. The highest BCUT2D eigenvalue weighted by molar-refractivity contribution is 7.99. The van der Waals surface area contributed by atoms with E-state index < -0.39 is 7.32 Å². The Kier molecular flexibility index (Phi) is 10.8. The Morgan fingerprint density at radius 1 is 0.957 bits per heavy atom. The summed E-state index contributed by atoms with van der Waals surface area (Å²) in [5.74, 6) is 0. The highest BCUT2D eigenvalue weighted by Gasteiger charge is 2.30. The van der Waals surface area contributed by atoms with Crippen molar-refractivity contribution >= 4 is 44.3 Å². The first-order valence-corrected chi connectivity index (χ1v) is 9.96. The first kappa shape index (κ1) is 21.3. The lowest BCUT2D eigenvalue weighted by molar-refractivity contribution is 0.0676. The van der Waals surface area contributed by atoms with Crippen LogP contribution in [0.15, 0.2) is 29.2 Å². The van der Waals surface area contributed by atoms with E-state index in [0.29, 0.717) is 0 Å². The average Bonchev–Trinajstić information content (AvgIpc) is 2.55. The predicted octanol–water partition coefficient (Wildman–Crippen LogP) is 5.19. The number of thiol groups is 2. The van der Waals surface area contributed by atoms with Crippen molar-refractivity contribution in [2.24, 2.45) is 0 Å². The summed E-state index contributed by atoms with van der Waals surface area (Å²) in [4.78, 5) is 1.20. The van der Waals surface area contributed by atoms with Gasteiger partial charge in [-0.3, -0.25) is 0 Å². The number of hydrogen-bond acceptors (Lipinski definition) is 6. The monoisotopic (exact) mass is 374 g/mol. The minimum atomic E-state index is -0.763. The molecule has 130 valence electrons. The molecular weight excluding hydrogens is 347 g/mol. The lowest BCUT2D eigenvalue weighted by Gasteiger charge is -2.24. The molecule has 3 atom stereocenters. The highest BCUT2D eigenvalue weighted by Crippen LogP contribution is 2.30. The standard InChI is InChI=1S/C16H27BO3S3/c1-5-14(21)18-17(19-15(22)6-2)20-16(7-3)23-13-11-9-8-10-12(13)4/h8-11,14-16,21-22H,5-7H2,1-4H3. The maximum atomic E-state index is 6.02. The van der Waals surface area contributed by atoms with Gasteiger partial charge in [-0.25, -0.2) is 0 Å². The van der Waals surface area contributed by atoms with Gasteiger partial charge in [0.05, 0.1) is 16.3 Å². The summed E-state index contributed by atoms with van der Waals surface area (Å²) in [5, 5.41) is 0. The normalized spacial score (nSPS) is 15.2. The average molecular weight is 374 g/mol. The molecule has 0 aromatic heterocycles. The van der Waals surface area contributed by atoms with Crippen LogP contribution in [0.5, 0.6) is 0 Å². The zero-order chi connectivity index (χ0) is 17.2. The number of hydrogen-bond donors (Lipinski definition) is 2. The summed E-state index contributed by atoms with van der Waals surface area (Å²) in [6.07, 6.45) is 2.39. The Labute approximate surface area is 156 Å². The van der Waals surface area contributed by atoms with Crippen LogP contribution >= 0.6 is 37.0 Å². The molecule has 0 aliphatic carbocycles. The van der Waals surface area contributed by atoms with Crippen molar-refractivity contribution in [2.45, 2.75) is 68.2 Å². The van der Waals surface area contributed by atoms with Crippen LogP contribution in [-0.2, 0) is 14.0 Å². The zero-order valence-corrected chi connectivity index (χ0v) is 16.9. The molecule has 3 unspecified atom stereocenters. The van der Waals surface area contributed by atoms with Gasteiger partial charge < -0.3 is 14.0 Å². The van der Waals surface area contributed by atoms with Crippen molar-refractivity contribution in [3.63, 3.8) is 0 Å². The number of benzene rings is 1. The highest BCUT2D eigenvalue weighted by atomic mass is 32.2. The summed E-state index contributed by atoms with van der Waals surface area (Å²) < 4.78 is 17.5. The summed E-state index contributed by atoms with van der Waals surface area (Å²) in [7, 11) is -0.763. The van der Waals surface area contributed by atoms with E-state index in [0.717, 1.165) is 19.3 Å². The largest absolute Gasteiger partial charge is 0.641 e. The van der Waals surface area contributed by atoms with Gasteiger partial charge in [0.15, 0.2) is 0 Å². The van der Waals surface area contributed by atoms with Gasteiger partial charge in [-0.1, -0.05) is 50.7 Å². The molecule has 3 nitrogen and oxygen atoms in total. The molecule has 0 saturated carbocycles. The smallest absolute Gasteiger partial charge is 0.374 e. The first-order chi connectivity index (χ1) is 11.0. The van der Waals surface area contributed by atoms with Crippen LogP contribution in [0, 0.1) is 6.92 Å². The lowest BCUT2D eigenvalue weighted by atomic mass is 10.2. The second-order valence-corrected chi connectivity index (χ2v) is 7.50. The number of thioether (sulfide) groups is 1. The Hall–Kier alpha value is 0.215. The van der Waals surface area contributed by atoms with Crippen molar-refractivity contribution in [3.8, 4) is 0 Å². The summed E-state index contributed by atoms with van der Waals surface area (Å²) >= 11 is 10.4. The van der Waals surface area contributed by atoms with Crippen LogP contribution in [0.3, 0.4) is 0 Å². The van der Waals surface area contributed by atoms with E-state index in [9.17, 15) is 0 Å². The fourth-order valence-electron chi connectivity index (χ4n) is 1.71. The molecule has 0 fully saturated rings. The molecule has 0 N–H and O–H groups in total. The third kappa shape index (κ3) is 8.23. The molecule has 0 amide bonds. The van der Waals surface area contributed by atoms with Crippen LogP contribution in [0.2, 0.25) is 0 Å².